The molecule has 0 radical (unpaired) electrons. The lowest BCUT2D eigenvalue weighted by Gasteiger charge is -2.04. The molecule has 0 saturated carbocycles. The second-order valence-corrected chi connectivity index (χ2v) is 3.58. The summed E-state index contributed by atoms with van der Waals surface area (Å²) in [6.07, 6.45) is 2.42. The molecule has 5 nitrogen and oxygen atoms in total. The van der Waals surface area contributed by atoms with Gasteiger partial charge in [-0.1, -0.05) is 11.6 Å². The van der Waals surface area contributed by atoms with Gasteiger partial charge in [0.2, 0.25) is 5.95 Å². The first-order chi connectivity index (χ1) is 7.74. The molecule has 0 bridgehead atoms. The van der Waals surface area contributed by atoms with Gasteiger partial charge in [0.25, 0.3) is 0 Å². The van der Waals surface area contributed by atoms with E-state index in [4.69, 9.17) is 21.8 Å². The highest BCUT2D eigenvalue weighted by Crippen LogP contribution is 2.12. The van der Waals surface area contributed by atoms with E-state index in [0.29, 0.717) is 17.5 Å². The fourth-order valence-electron chi connectivity index (χ4n) is 1.29. The van der Waals surface area contributed by atoms with E-state index in [1.54, 1.807) is 12.3 Å². The number of anilines is 2. The molecule has 0 atom stereocenters. The Morgan fingerprint density at radius 1 is 1.44 bits per heavy atom. The van der Waals surface area contributed by atoms with Crippen LogP contribution in [0.3, 0.4) is 0 Å². The zero-order valence-corrected chi connectivity index (χ0v) is 9.24. The van der Waals surface area contributed by atoms with Crippen LogP contribution in [0.1, 0.15) is 5.76 Å². The Bertz CT molecular complexity index is 438. The van der Waals surface area contributed by atoms with E-state index in [9.17, 15) is 0 Å². The summed E-state index contributed by atoms with van der Waals surface area (Å²) in [5.41, 5.74) is 5.46. The number of nitrogens with one attached hydrogen (secondary N) is 1. The molecular weight excluding hydrogens is 228 g/mol. The Kier molecular flexibility index (Phi) is 3.26. The first-order valence-corrected chi connectivity index (χ1v) is 5.18. The van der Waals surface area contributed by atoms with E-state index in [-0.39, 0.29) is 5.95 Å². The van der Waals surface area contributed by atoms with Crippen LogP contribution in [-0.4, -0.2) is 16.5 Å². The van der Waals surface area contributed by atoms with Gasteiger partial charge >= 0.3 is 0 Å². The lowest BCUT2D eigenvalue weighted by atomic mass is 10.3. The Hall–Kier alpha value is -1.75. The van der Waals surface area contributed by atoms with E-state index < -0.39 is 0 Å². The highest BCUT2D eigenvalue weighted by molar-refractivity contribution is 6.29. The standard InChI is InChI=1S/C10H11ClN4O/c11-8-6-9(15-10(12)14-8)13-4-3-7-2-1-5-16-7/h1-2,5-6H,3-4H2,(H3,12,13,14,15). The number of hydrogen-bond donors (Lipinski definition) is 2. The third kappa shape index (κ3) is 2.87. The van der Waals surface area contributed by atoms with Crippen molar-refractivity contribution in [3.63, 3.8) is 0 Å². The molecule has 0 saturated heterocycles. The Labute approximate surface area is 97.6 Å². The monoisotopic (exact) mass is 238 g/mol. The SMILES string of the molecule is Nc1nc(Cl)cc(NCCc2ccco2)n1. The largest absolute Gasteiger partial charge is 0.469 e. The third-order valence-corrected chi connectivity index (χ3v) is 2.16. The number of hydrogen-bond acceptors (Lipinski definition) is 5. The van der Waals surface area contributed by atoms with Gasteiger partial charge in [0.1, 0.15) is 16.7 Å². The summed E-state index contributed by atoms with van der Waals surface area (Å²) in [4.78, 5) is 7.76. The fraction of sp³-hybridized carbons (Fsp3) is 0.200. The molecule has 0 amide bonds. The molecule has 2 rings (SSSR count). The van der Waals surface area contributed by atoms with Crippen molar-refractivity contribution in [2.75, 3.05) is 17.6 Å². The molecule has 2 heterocycles. The maximum absolute atomic E-state index is 5.74. The molecule has 3 N–H and O–H groups in total. The molecule has 84 valence electrons. The average Bonchev–Trinajstić information content (AvgIpc) is 2.69. The van der Waals surface area contributed by atoms with Crippen LogP contribution in [0.4, 0.5) is 11.8 Å². The van der Waals surface area contributed by atoms with Crippen LogP contribution in [0.25, 0.3) is 0 Å². The number of nitrogens with two attached hydrogens (primary N) is 1. The molecule has 0 aliphatic carbocycles. The number of aromatic nitrogens is 2. The first kappa shape index (κ1) is 10.8. The summed E-state index contributed by atoms with van der Waals surface area (Å²) >= 11 is 5.74. The molecule has 0 aromatic carbocycles. The Morgan fingerprint density at radius 3 is 3.00 bits per heavy atom. The van der Waals surface area contributed by atoms with Gasteiger partial charge in [-0.3, -0.25) is 0 Å². The van der Waals surface area contributed by atoms with Gasteiger partial charge in [-0.15, -0.1) is 0 Å². The Balaban J connectivity index is 1.89. The summed E-state index contributed by atoms with van der Waals surface area (Å²) in [7, 11) is 0. The van der Waals surface area contributed by atoms with Crippen LogP contribution in [0, 0.1) is 0 Å². The maximum atomic E-state index is 5.74. The average molecular weight is 239 g/mol. The van der Waals surface area contributed by atoms with Crippen molar-refractivity contribution in [2.24, 2.45) is 0 Å². The van der Waals surface area contributed by atoms with Crippen LogP contribution in [0.5, 0.6) is 0 Å². The number of furan rings is 1. The van der Waals surface area contributed by atoms with E-state index in [1.807, 2.05) is 12.1 Å². The lowest BCUT2D eigenvalue weighted by Crippen LogP contribution is -2.07. The van der Waals surface area contributed by atoms with Crippen LogP contribution in [0.2, 0.25) is 5.15 Å². The summed E-state index contributed by atoms with van der Waals surface area (Å²) < 4.78 is 5.20. The second-order valence-electron chi connectivity index (χ2n) is 3.19. The van der Waals surface area contributed by atoms with Gasteiger partial charge in [-0.2, -0.15) is 4.98 Å². The minimum atomic E-state index is 0.160. The quantitative estimate of drug-likeness (QED) is 0.797. The van der Waals surface area contributed by atoms with Crippen molar-refractivity contribution in [1.82, 2.24) is 9.97 Å². The minimum absolute atomic E-state index is 0.160. The van der Waals surface area contributed by atoms with Crippen molar-refractivity contribution < 1.29 is 4.42 Å². The van der Waals surface area contributed by atoms with Gasteiger partial charge in [0.05, 0.1) is 6.26 Å². The number of halogens is 1. The van der Waals surface area contributed by atoms with Gasteiger partial charge < -0.3 is 15.5 Å². The predicted molar refractivity (Wildman–Crippen MR) is 62.4 cm³/mol. The molecule has 2 aromatic rings. The van der Waals surface area contributed by atoms with Gasteiger partial charge in [0, 0.05) is 19.0 Å². The number of nitrogens with zero attached hydrogens (tertiary/aromatic N) is 2. The molecule has 16 heavy (non-hydrogen) atoms. The van der Waals surface area contributed by atoms with Crippen LogP contribution >= 0.6 is 11.6 Å². The normalized spacial score (nSPS) is 10.3. The first-order valence-electron chi connectivity index (χ1n) is 4.80. The molecule has 2 aromatic heterocycles. The summed E-state index contributed by atoms with van der Waals surface area (Å²) in [5.74, 6) is 1.69. The fourth-order valence-corrected chi connectivity index (χ4v) is 1.48. The smallest absolute Gasteiger partial charge is 0.223 e. The van der Waals surface area contributed by atoms with Gasteiger partial charge in [-0.05, 0) is 12.1 Å². The van der Waals surface area contributed by atoms with E-state index in [2.05, 4.69) is 15.3 Å². The predicted octanol–water partition coefficient (Wildman–Crippen LogP) is 1.96. The summed E-state index contributed by atoms with van der Waals surface area (Å²) in [5, 5.41) is 3.42. The molecule has 0 aliphatic rings. The minimum Gasteiger partial charge on any atom is -0.469 e. The molecule has 0 unspecified atom stereocenters. The summed E-state index contributed by atoms with van der Waals surface area (Å²) in [6, 6.07) is 5.40. The van der Waals surface area contributed by atoms with Crippen molar-refractivity contribution in [3.8, 4) is 0 Å². The molecule has 0 aliphatic heterocycles. The van der Waals surface area contributed by atoms with E-state index in [1.165, 1.54) is 0 Å². The summed E-state index contributed by atoms with van der Waals surface area (Å²) in [6.45, 7) is 0.695. The number of nitrogen functional groups attached to an aromatic ring is 1. The van der Waals surface area contributed by atoms with E-state index >= 15 is 0 Å². The third-order valence-electron chi connectivity index (χ3n) is 1.97. The lowest BCUT2D eigenvalue weighted by molar-refractivity contribution is 0.513. The second kappa shape index (κ2) is 4.85. The molecule has 0 spiro atoms. The van der Waals surface area contributed by atoms with Crippen molar-refractivity contribution >= 4 is 23.4 Å². The number of rotatable bonds is 4. The maximum Gasteiger partial charge on any atom is 0.223 e. The molecular formula is C10H11ClN4O. The van der Waals surface area contributed by atoms with E-state index in [0.717, 1.165) is 12.2 Å². The van der Waals surface area contributed by atoms with Crippen LogP contribution in [0.15, 0.2) is 28.9 Å². The van der Waals surface area contributed by atoms with Gasteiger partial charge in [0.15, 0.2) is 0 Å². The Morgan fingerprint density at radius 2 is 2.31 bits per heavy atom. The highest BCUT2D eigenvalue weighted by atomic mass is 35.5. The van der Waals surface area contributed by atoms with Gasteiger partial charge in [-0.25, -0.2) is 4.98 Å². The zero-order valence-electron chi connectivity index (χ0n) is 8.48. The highest BCUT2D eigenvalue weighted by Gasteiger charge is 2.00. The molecule has 0 fully saturated rings. The molecule has 6 heteroatoms. The zero-order chi connectivity index (χ0) is 11.4. The van der Waals surface area contributed by atoms with Crippen molar-refractivity contribution in [3.05, 3.63) is 35.4 Å². The van der Waals surface area contributed by atoms with Crippen molar-refractivity contribution in [2.45, 2.75) is 6.42 Å². The topological polar surface area (TPSA) is 77.0 Å². The van der Waals surface area contributed by atoms with Crippen LogP contribution < -0.4 is 11.1 Å². The van der Waals surface area contributed by atoms with Crippen molar-refractivity contribution in [1.29, 1.82) is 0 Å². The van der Waals surface area contributed by atoms with Crippen LogP contribution in [-0.2, 0) is 6.42 Å².